The third-order valence-corrected chi connectivity index (χ3v) is 5.12. The summed E-state index contributed by atoms with van der Waals surface area (Å²) in [5.41, 5.74) is 0.446. The van der Waals surface area contributed by atoms with Crippen molar-refractivity contribution < 1.29 is 8.42 Å². The van der Waals surface area contributed by atoms with E-state index in [1.165, 1.54) is 12.1 Å². The van der Waals surface area contributed by atoms with Crippen LogP contribution in [0.1, 0.15) is 5.56 Å². The van der Waals surface area contributed by atoms with Crippen LogP contribution in [0.5, 0.6) is 0 Å². The number of hydrogen-bond acceptors (Lipinski definition) is 3. The number of nitrogens with one attached hydrogen (secondary N) is 1. The molecule has 102 valence electrons. The smallest absolute Gasteiger partial charge is 0.263 e. The van der Waals surface area contributed by atoms with Gasteiger partial charge in [-0.15, -0.1) is 0 Å². The summed E-state index contributed by atoms with van der Waals surface area (Å²) >= 11 is 9.07. The van der Waals surface area contributed by atoms with Crippen LogP contribution in [-0.2, 0) is 10.0 Å². The van der Waals surface area contributed by atoms with Crippen molar-refractivity contribution in [2.45, 2.75) is 4.90 Å². The fraction of sp³-hybridized carbons (Fsp3) is 0. The number of hydrogen-bond donors (Lipinski definition) is 1. The third-order valence-electron chi connectivity index (χ3n) is 2.47. The number of anilines is 1. The summed E-state index contributed by atoms with van der Waals surface area (Å²) in [4.78, 5) is -0.0615. The van der Waals surface area contributed by atoms with Crippen LogP contribution < -0.4 is 4.72 Å². The van der Waals surface area contributed by atoms with Gasteiger partial charge in [-0.3, -0.25) is 4.72 Å². The summed E-state index contributed by atoms with van der Waals surface area (Å²) in [6, 6.07) is 12.5. The number of sulfonamides is 1. The minimum absolute atomic E-state index is 0.0615. The van der Waals surface area contributed by atoms with E-state index >= 15 is 0 Å². The lowest BCUT2D eigenvalue weighted by Crippen LogP contribution is -2.14. The maximum atomic E-state index is 12.3. The van der Waals surface area contributed by atoms with Crippen molar-refractivity contribution in [1.29, 1.82) is 5.26 Å². The van der Waals surface area contributed by atoms with Crippen molar-refractivity contribution >= 4 is 43.2 Å². The normalized spacial score (nSPS) is 10.8. The largest absolute Gasteiger partial charge is 0.280 e. The third kappa shape index (κ3) is 3.12. The summed E-state index contributed by atoms with van der Waals surface area (Å²) in [5, 5.41) is 9.44. The quantitative estimate of drug-likeness (QED) is 0.892. The zero-order valence-electron chi connectivity index (χ0n) is 9.97. The molecule has 4 nitrogen and oxygen atoms in total. The average Bonchev–Trinajstić information content (AvgIpc) is 2.42. The van der Waals surface area contributed by atoms with Crippen LogP contribution >= 0.6 is 27.5 Å². The van der Waals surface area contributed by atoms with Crippen LogP contribution in [0.15, 0.2) is 51.8 Å². The minimum atomic E-state index is -3.82. The number of halogens is 2. The van der Waals surface area contributed by atoms with Gasteiger partial charge < -0.3 is 0 Å². The molecule has 0 heterocycles. The monoisotopic (exact) mass is 370 g/mol. The Kier molecular flexibility index (Phi) is 4.33. The second kappa shape index (κ2) is 5.83. The molecule has 1 N–H and O–H groups in total. The van der Waals surface area contributed by atoms with Crippen LogP contribution in [-0.4, -0.2) is 8.42 Å². The van der Waals surface area contributed by atoms with E-state index in [2.05, 4.69) is 20.7 Å². The Labute approximate surface area is 130 Å². The SMILES string of the molecule is N#Cc1ccccc1S(=O)(=O)Nc1ccc(Cl)c(Br)c1. The first-order chi connectivity index (χ1) is 9.44. The van der Waals surface area contributed by atoms with Gasteiger partial charge in [0, 0.05) is 4.47 Å². The Morgan fingerprint density at radius 2 is 1.90 bits per heavy atom. The standard InChI is InChI=1S/C13H8BrClN2O2S/c14-11-7-10(5-6-12(11)15)17-20(18,19)13-4-2-1-3-9(13)8-16/h1-7,17H. The summed E-state index contributed by atoms with van der Waals surface area (Å²) < 4.78 is 27.5. The van der Waals surface area contributed by atoms with Gasteiger partial charge in [-0.1, -0.05) is 23.7 Å². The lowest BCUT2D eigenvalue weighted by molar-refractivity contribution is 0.601. The molecule has 2 rings (SSSR count). The first-order valence-corrected chi connectivity index (χ1v) is 8.06. The zero-order valence-corrected chi connectivity index (χ0v) is 13.1. The number of nitriles is 1. The molecule has 0 aromatic heterocycles. The van der Waals surface area contributed by atoms with Gasteiger partial charge in [0.2, 0.25) is 0 Å². The Bertz CT molecular complexity index is 800. The Hall–Kier alpha value is -1.55. The molecule has 0 saturated carbocycles. The van der Waals surface area contributed by atoms with Gasteiger partial charge in [0.25, 0.3) is 10.0 Å². The van der Waals surface area contributed by atoms with E-state index in [0.717, 1.165) is 0 Å². The van der Waals surface area contributed by atoms with E-state index in [9.17, 15) is 8.42 Å². The highest BCUT2D eigenvalue weighted by molar-refractivity contribution is 9.10. The van der Waals surface area contributed by atoms with E-state index in [4.69, 9.17) is 16.9 Å². The van der Waals surface area contributed by atoms with E-state index in [1.54, 1.807) is 30.3 Å². The van der Waals surface area contributed by atoms with Crippen LogP contribution in [0.25, 0.3) is 0 Å². The van der Waals surface area contributed by atoms with Crippen molar-refractivity contribution in [3.05, 3.63) is 57.5 Å². The predicted molar refractivity (Wildman–Crippen MR) is 81.1 cm³/mol. The molecular formula is C13H8BrClN2O2S. The van der Waals surface area contributed by atoms with Gasteiger partial charge in [-0.25, -0.2) is 8.42 Å². The molecule has 0 spiro atoms. The molecule has 2 aromatic carbocycles. The van der Waals surface area contributed by atoms with Crippen molar-refractivity contribution in [3.8, 4) is 6.07 Å². The number of benzene rings is 2. The Morgan fingerprint density at radius 1 is 1.20 bits per heavy atom. The van der Waals surface area contributed by atoms with E-state index in [-0.39, 0.29) is 10.5 Å². The summed E-state index contributed by atoms with van der Waals surface area (Å²) in [7, 11) is -3.82. The Morgan fingerprint density at radius 3 is 2.55 bits per heavy atom. The van der Waals surface area contributed by atoms with Gasteiger partial charge in [-0.05, 0) is 46.3 Å². The molecule has 0 radical (unpaired) electrons. The lowest BCUT2D eigenvalue weighted by Gasteiger charge is -2.10. The predicted octanol–water partition coefficient (Wildman–Crippen LogP) is 3.77. The van der Waals surface area contributed by atoms with Gasteiger partial charge in [0.05, 0.1) is 16.3 Å². The highest BCUT2D eigenvalue weighted by atomic mass is 79.9. The molecule has 0 bridgehead atoms. The van der Waals surface area contributed by atoms with Gasteiger partial charge in [0.15, 0.2) is 0 Å². The molecule has 2 aromatic rings. The summed E-state index contributed by atoms with van der Waals surface area (Å²) in [6.07, 6.45) is 0. The molecule has 0 unspecified atom stereocenters. The van der Waals surface area contributed by atoms with Crippen molar-refractivity contribution in [1.82, 2.24) is 0 Å². The van der Waals surface area contributed by atoms with Crippen molar-refractivity contribution in [2.75, 3.05) is 4.72 Å². The van der Waals surface area contributed by atoms with Crippen LogP contribution in [0.4, 0.5) is 5.69 Å². The zero-order chi connectivity index (χ0) is 14.8. The number of rotatable bonds is 3. The minimum Gasteiger partial charge on any atom is -0.280 e. The lowest BCUT2D eigenvalue weighted by atomic mass is 10.2. The van der Waals surface area contributed by atoms with Gasteiger partial charge >= 0.3 is 0 Å². The van der Waals surface area contributed by atoms with Crippen molar-refractivity contribution in [2.24, 2.45) is 0 Å². The molecule has 0 saturated heterocycles. The maximum absolute atomic E-state index is 12.3. The second-order valence-electron chi connectivity index (χ2n) is 3.84. The Balaban J connectivity index is 2.41. The molecule has 0 aliphatic heterocycles. The first-order valence-electron chi connectivity index (χ1n) is 5.41. The van der Waals surface area contributed by atoms with E-state index < -0.39 is 10.0 Å². The highest BCUT2D eigenvalue weighted by Gasteiger charge is 2.18. The fourth-order valence-corrected chi connectivity index (χ4v) is 3.27. The fourth-order valence-electron chi connectivity index (χ4n) is 1.56. The second-order valence-corrected chi connectivity index (χ2v) is 6.75. The van der Waals surface area contributed by atoms with E-state index in [1.807, 2.05) is 6.07 Å². The molecule has 0 fully saturated rings. The summed E-state index contributed by atoms with van der Waals surface area (Å²) in [6.45, 7) is 0. The molecule has 0 aliphatic rings. The van der Waals surface area contributed by atoms with Crippen LogP contribution in [0.3, 0.4) is 0 Å². The van der Waals surface area contributed by atoms with Crippen molar-refractivity contribution in [3.63, 3.8) is 0 Å². The highest BCUT2D eigenvalue weighted by Crippen LogP contribution is 2.27. The topological polar surface area (TPSA) is 70.0 Å². The van der Waals surface area contributed by atoms with Gasteiger partial charge in [0.1, 0.15) is 11.0 Å². The molecular weight excluding hydrogens is 364 g/mol. The van der Waals surface area contributed by atoms with Crippen LogP contribution in [0, 0.1) is 11.3 Å². The molecule has 0 amide bonds. The van der Waals surface area contributed by atoms with Crippen LogP contribution in [0.2, 0.25) is 5.02 Å². The first kappa shape index (κ1) is 14.9. The van der Waals surface area contributed by atoms with Gasteiger partial charge in [-0.2, -0.15) is 5.26 Å². The molecule has 0 aliphatic carbocycles. The average molecular weight is 372 g/mol. The summed E-state index contributed by atoms with van der Waals surface area (Å²) in [5.74, 6) is 0. The maximum Gasteiger partial charge on any atom is 0.263 e. The molecule has 0 atom stereocenters. The molecule has 7 heteroatoms. The van der Waals surface area contributed by atoms with E-state index in [0.29, 0.717) is 15.2 Å². The number of nitrogens with zero attached hydrogens (tertiary/aromatic N) is 1. The molecule has 20 heavy (non-hydrogen) atoms.